The monoisotopic (exact) mass is 268 g/mol. The first kappa shape index (κ1) is 14.4. The second-order valence-electron chi connectivity index (χ2n) is 3.73. The zero-order valence-corrected chi connectivity index (χ0v) is 10.3. The number of aryl methyl sites for hydroxylation is 1. The number of nitrogens with zero attached hydrogens (tertiary/aromatic N) is 2. The van der Waals surface area contributed by atoms with Crippen LogP contribution in [-0.4, -0.2) is 47.4 Å². The Morgan fingerprint density at radius 2 is 2.12 bits per heavy atom. The average Bonchev–Trinajstić information content (AvgIpc) is 2.59. The average molecular weight is 268 g/mol. The van der Waals surface area contributed by atoms with Gasteiger partial charge in [-0.15, -0.1) is 11.3 Å². The van der Waals surface area contributed by atoms with Crippen molar-refractivity contribution in [2.24, 2.45) is 0 Å². The van der Waals surface area contributed by atoms with Crippen LogP contribution in [0, 0.1) is 6.92 Å². The molecule has 1 aromatic rings. The van der Waals surface area contributed by atoms with Crippen LogP contribution in [0.1, 0.15) is 10.6 Å². The molecule has 1 rings (SSSR count). The van der Waals surface area contributed by atoms with Crippen LogP contribution in [-0.2, 0) is 6.42 Å². The number of thiazole rings is 1. The molecule has 3 nitrogen and oxygen atoms in total. The lowest BCUT2D eigenvalue weighted by Gasteiger charge is -2.22. The summed E-state index contributed by atoms with van der Waals surface area (Å²) in [7, 11) is 0. The predicted molar refractivity (Wildman–Crippen MR) is 60.1 cm³/mol. The fraction of sp³-hybridized carbons (Fsp3) is 0.700. The van der Waals surface area contributed by atoms with Gasteiger partial charge in [0.25, 0.3) is 0 Å². The fourth-order valence-corrected chi connectivity index (χ4v) is 2.26. The van der Waals surface area contributed by atoms with Gasteiger partial charge >= 0.3 is 6.18 Å². The van der Waals surface area contributed by atoms with E-state index in [9.17, 15) is 13.2 Å². The van der Waals surface area contributed by atoms with E-state index in [1.54, 1.807) is 5.51 Å². The molecular formula is C10H15F3N2OS. The molecule has 0 aliphatic carbocycles. The van der Waals surface area contributed by atoms with Crippen molar-refractivity contribution in [3.63, 3.8) is 0 Å². The maximum absolute atomic E-state index is 12.2. The smallest absolute Gasteiger partial charge is 0.395 e. The molecule has 1 heterocycles. The number of rotatable bonds is 6. The Bertz CT molecular complexity index is 341. The lowest BCUT2D eigenvalue weighted by atomic mass is 10.3. The standard InChI is InChI=1S/C10H15F3N2OS/c1-8-9(17-7-14-8)2-3-15(4-5-16)6-10(11,12)13/h7,16H,2-6H2,1H3. The van der Waals surface area contributed by atoms with Crippen molar-refractivity contribution >= 4 is 11.3 Å². The number of alkyl halides is 3. The Kier molecular flexibility index (Phi) is 5.35. The van der Waals surface area contributed by atoms with E-state index in [1.807, 2.05) is 6.92 Å². The van der Waals surface area contributed by atoms with Gasteiger partial charge in [-0.05, 0) is 13.3 Å². The Labute approximate surface area is 102 Å². The summed E-state index contributed by atoms with van der Waals surface area (Å²) in [6.45, 7) is 0.912. The molecule has 98 valence electrons. The minimum atomic E-state index is -4.22. The van der Waals surface area contributed by atoms with E-state index in [1.165, 1.54) is 16.2 Å². The third-order valence-electron chi connectivity index (χ3n) is 2.32. The Balaban J connectivity index is 2.47. The first-order valence-corrected chi connectivity index (χ1v) is 6.09. The van der Waals surface area contributed by atoms with Crippen LogP contribution in [0.4, 0.5) is 13.2 Å². The van der Waals surface area contributed by atoms with E-state index in [4.69, 9.17) is 5.11 Å². The van der Waals surface area contributed by atoms with Crippen LogP contribution in [0.25, 0.3) is 0 Å². The van der Waals surface area contributed by atoms with E-state index >= 15 is 0 Å². The van der Waals surface area contributed by atoms with Gasteiger partial charge < -0.3 is 5.11 Å². The molecule has 0 fully saturated rings. The minimum absolute atomic E-state index is 0.0390. The SMILES string of the molecule is Cc1ncsc1CCN(CCO)CC(F)(F)F. The van der Waals surface area contributed by atoms with E-state index in [2.05, 4.69) is 4.98 Å². The van der Waals surface area contributed by atoms with Crippen LogP contribution in [0.2, 0.25) is 0 Å². The Morgan fingerprint density at radius 3 is 2.59 bits per heavy atom. The van der Waals surface area contributed by atoms with Gasteiger partial charge in [-0.3, -0.25) is 4.90 Å². The highest BCUT2D eigenvalue weighted by Crippen LogP contribution is 2.18. The molecule has 0 radical (unpaired) electrons. The molecule has 0 unspecified atom stereocenters. The van der Waals surface area contributed by atoms with E-state index in [0.29, 0.717) is 6.42 Å². The fourth-order valence-electron chi connectivity index (χ4n) is 1.49. The molecular weight excluding hydrogens is 253 g/mol. The summed E-state index contributed by atoms with van der Waals surface area (Å²) in [5, 5.41) is 8.73. The lowest BCUT2D eigenvalue weighted by molar-refractivity contribution is -0.146. The number of aliphatic hydroxyl groups excluding tert-OH is 1. The number of hydrogen-bond donors (Lipinski definition) is 1. The summed E-state index contributed by atoms with van der Waals surface area (Å²) < 4.78 is 36.7. The zero-order valence-electron chi connectivity index (χ0n) is 9.50. The summed E-state index contributed by atoms with van der Waals surface area (Å²) in [5.41, 5.74) is 2.55. The highest BCUT2D eigenvalue weighted by Gasteiger charge is 2.30. The van der Waals surface area contributed by atoms with Crippen molar-refractivity contribution in [3.8, 4) is 0 Å². The van der Waals surface area contributed by atoms with Gasteiger partial charge in [-0.1, -0.05) is 0 Å². The van der Waals surface area contributed by atoms with Crippen molar-refractivity contribution in [3.05, 3.63) is 16.1 Å². The summed E-state index contributed by atoms with van der Waals surface area (Å²) in [5.74, 6) is 0. The summed E-state index contributed by atoms with van der Waals surface area (Å²) in [6.07, 6.45) is -3.69. The summed E-state index contributed by atoms with van der Waals surface area (Å²) in [6, 6.07) is 0. The van der Waals surface area contributed by atoms with Crippen LogP contribution in [0.15, 0.2) is 5.51 Å². The number of aliphatic hydroxyl groups is 1. The molecule has 7 heteroatoms. The lowest BCUT2D eigenvalue weighted by Crippen LogP contribution is -2.37. The van der Waals surface area contributed by atoms with Crippen LogP contribution < -0.4 is 0 Å². The molecule has 0 saturated heterocycles. The van der Waals surface area contributed by atoms with E-state index in [-0.39, 0.29) is 19.7 Å². The molecule has 0 saturated carbocycles. The van der Waals surface area contributed by atoms with Crippen molar-refractivity contribution in [1.82, 2.24) is 9.88 Å². The van der Waals surface area contributed by atoms with Gasteiger partial charge in [0.05, 0.1) is 24.4 Å². The highest BCUT2D eigenvalue weighted by atomic mass is 32.1. The molecule has 17 heavy (non-hydrogen) atoms. The Morgan fingerprint density at radius 1 is 1.41 bits per heavy atom. The maximum atomic E-state index is 12.2. The molecule has 0 amide bonds. The second-order valence-corrected chi connectivity index (χ2v) is 4.67. The van der Waals surface area contributed by atoms with Gasteiger partial charge in [0.1, 0.15) is 0 Å². The van der Waals surface area contributed by atoms with Crippen molar-refractivity contribution < 1.29 is 18.3 Å². The first-order chi connectivity index (χ1) is 7.92. The van der Waals surface area contributed by atoms with Gasteiger partial charge in [0, 0.05) is 18.0 Å². The molecule has 1 N–H and O–H groups in total. The normalized spacial score (nSPS) is 12.4. The van der Waals surface area contributed by atoms with Gasteiger partial charge in [-0.25, -0.2) is 4.98 Å². The number of aromatic nitrogens is 1. The zero-order chi connectivity index (χ0) is 12.9. The predicted octanol–water partition coefficient (Wildman–Crippen LogP) is 1.85. The third kappa shape index (κ3) is 5.47. The highest BCUT2D eigenvalue weighted by molar-refractivity contribution is 7.09. The number of halogens is 3. The van der Waals surface area contributed by atoms with Crippen LogP contribution >= 0.6 is 11.3 Å². The summed E-state index contributed by atoms with van der Waals surface area (Å²) in [4.78, 5) is 6.25. The second kappa shape index (κ2) is 6.32. The van der Waals surface area contributed by atoms with Crippen molar-refractivity contribution in [1.29, 1.82) is 0 Å². The molecule has 0 aliphatic heterocycles. The summed E-state index contributed by atoms with van der Waals surface area (Å²) >= 11 is 1.45. The van der Waals surface area contributed by atoms with Crippen molar-refractivity contribution in [2.75, 3.05) is 26.2 Å². The molecule has 0 bridgehead atoms. The van der Waals surface area contributed by atoms with Crippen LogP contribution in [0.3, 0.4) is 0 Å². The topological polar surface area (TPSA) is 36.4 Å². The molecule has 0 aromatic carbocycles. The van der Waals surface area contributed by atoms with Gasteiger partial charge in [0.2, 0.25) is 0 Å². The molecule has 0 atom stereocenters. The maximum Gasteiger partial charge on any atom is 0.401 e. The largest absolute Gasteiger partial charge is 0.401 e. The Hall–Kier alpha value is -0.660. The van der Waals surface area contributed by atoms with Crippen molar-refractivity contribution in [2.45, 2.75) is 19.5 Å². The van der Waals surface area contributed by atoms with Gasteiger partial charge in [0.15, 0.2) is 0 Å². The number of hydrogen-bond acceptors (Lipinski definition) is 4. The molecule has 0 spiro atoms. The molecule has 0 aliphatic rings. The van der Waals surface area contributed by atoms with E-state index < -0.39 is 12.7 Å². The molecule has 1 aromatic heterocycles. The third-order valence-corrected chi connectivity index (χ3v) is 3.31. The van der Waals surface area contributed by atoms with Gasteiger partial charge in [-0.2, -0.15) is 13.2 Å². The van der Waals surface area contributed by atoms with E-state index in [0.717, 1.165) is 10.6 Å². The minimum Gasteiger partial charge on any atom is -0.395 e. The first-order valence-electron chi connectivity index (χ1n) is 5.21. The quantitative estimate of drug-likeness (QED) is 0.855. The van der Waals surface area contributed by atoms with Crippen LogP contribution in [0.5, 0.6) is 0 Å².